The third kappa shape index (κ3) is 2.84. The molecule has 0 spiro atoms. The number of hydrogen-bond donors (Lipinski definition) is 2. The molecule has 4 amide bonds. The summed E-state index contributed by atoms with van der Waals surface area (Å²) in [5, 5.41) is 5.06. The highest BCUT2D eigenvalue weighted by atomic mass is 16.5. The number of likely N-dealkylation sites (tertiary alicyclic amines) is 1. The van der Waals surface area contributed by atoms with Crippen molar-refractivity contribution in [3.05, 3.63) is 47.1 Å². The molecule has 5 rings (SSSR count). The zero-order chi connectivity index (χ0) is 21.0. The number of ether oxygens (including phenoxy) is 1. The Kier molecular flexibility index (Phi) is 4.25. The molecule has 1 aliphatic carbocycles. The molecular formula is C21H24N4O5. The monoisotopic (exact) mass is 412 g/mol. The largest absolute Gasteiger partial charge is 0.497 e. The second-order valence-electron chi connectivity index (χ2n) is 8.40. The average molecular weight is 412 g/mol. The van der Waals surface area contributed by atoms with E-state index in [4.69, 9.17) is 9.15 Å². The molecule has 1 aromatic rings. The van der Waals surface area contributed by atoms with Crippen molar-refractivity contribution in [3.63, 3.8) is 0 Å². The Labute approximate surface area is 173 Å². The number of urea groups is 1. The van der Waals surface area contributed by atoms with Crippen molar-refractivity contribution in [3.8, 4) is 0 Å². The van der Waals surface area contributed by atoms with Crippen LogP contribution in [0.15, 0.2) is 34.5 Å². The van der Waals surface area contributed by atoms with Crippen LogP contribution in [0.3, 0.4) is 0 Å². The van der Waals surface area contributed by atoms with Gasteiger partial charge in [0.2, 0.25) is 5.91 Å². The number of imide groups is 1. The number of carbonyl (C=O) groups excluding carboxylic acids is 3. The van der Waals surface area contributed by atoms with E-state index in [1.165, 1.54) is 0 Å². The van der Waals surface area contributed by atoms with Crippen LogP contribution < -0.4 is 10.6 Å². The van der Waals surface area contributed by atoms with Gasteiger partial charge < -0.3 is 19.4 Å². The van der Waals surface area contributed by atoms with Gasteiger partial charge in [0.1, 0.15) is 17.3 Å². The summed E-state index contributed by atoms with van der Waals surface area (Å²) in [6.45, 7) is 2.01. The lowest BCUT2D eigenvalue weighted by Gasteiger charge is -2.29. The Balaban J connectivity index is 1.47. The molecule has 0 saturated carbocycles. The minimum atomic E-state index is -1.44. The maximum absolute atomic E-state index is 13.1. The second kappa shape index (κ2) is 6.73. The molecule has 2 unspecified atom stereocenters. The fraction of sp³-hybridized carbons (Fsp3) is 0.476. The number of amides is 4. The van der Waals surface area contributed by atoms with Gasteiger partial charge in [0.25, 0.3) is 5.91 Å². The Morgan fingerprint density at radius 1 is 1.33 bits per heavy atom. The molecule has 3 atom stereocenters. The van der Waals surface area contributed by atoms with Crippen LogP contribution in [0.25, 0.3) is 0 Å². The summed E-state index contributed by atoms with van der Waals surface area (Å²) in [7, 11) is 3.57. The van der Waals surface area contributed by atoms with Crippen molar-refractivity contribution in [2.75, 3.05) is 33.8 Å². The molecule has 4 aliphatic rings. The summed E-state index contributed by atoms with van der Waals surface area (Å²) in [5.74, 6) is 0.895. The average Bonchev–Trinajstić information content (AvgIpc) is 3.36. The molecule has 4 heterocycles. The number of furan rings is 1. The summed E-state index contributed by atoms with van der Waals surface area (Å²) in [5.41, 5.74) is -0.401. The maximum atomic E-state index is 13.1. The topological polar surface area (TPSA) is 104 Å². The molecule has 9 heteroatoms. The van der Waals surface area contributed by atoms with Crippen molar-refractivity contribution in [2.45, 2.75) is 18.5 Å². The fourth-order valence-corrected chi connectivity index (χ4v) is 4.76. The molecule has 0 bridgehead atoms. The number of methoxy groups -OCH3 is 1. The van der Waals surface area contributed by atoms with E-state index in [2.05, 4.69) is 15.5 Å². The van der Waals surface area contributed by atoms with Gasteiger partial charge in [0.15, 0.2) is 5.54 Å². The van der Waals surface area contributed by atoms with Gasteiger partial charge in [-0.2, -0.15) is 0 Å². The summed E-state index contributed by atoms with van der Waals surface area (Å²) < 4.78 is 11.3. The van der Waals surface area contributed by atoms with Crippen LogP contribution >= 0.6 is 0 Å². The smallest absolute Gasteiger partial charge is 0.322 e. The lowest BCUT2D eigenvalue weighted by Crippen LogP contribution is -2.53. The number of nitrogens with zero attached hydrogens (tertiary/aromatic N) is 2. The Morgan fingerprint density at radius 2 is 2.17 bits per heavy atom. The number of rotatable bonds is 4. The van der Waals surface area contributed by atoms with Crippen LogP contribution in [0, 0.1) is 11.8 Å². The van der Waals surface area contributed by atoms with Crippen molar-refractivity contribution in [1.82, 2.24) is 20.4 Å². The molecule has 2 saturated heterocycles. The summed E-state index contributed by atoms with van der Waals surface area (Å²) in [6, 6.07) is 1.27. The summed E-state index contributed by atoms with van der Waals surface area (Å²) >= 11 is 0. The minimum Gasteiger partial charge on any atom is -0.497 e. The van der Waals surface area contributed by atoms with E-state index in [9.17, 15) is 14.4 Å². The molecule has 2 N–H and O–H groups in total. The van der Waals surface area contributed by atoms with Crippen LogP contribution in [0.2, 0.25) is 0 Å². The van der Waals surface area contributed by atoms with Gasteiger partial charge in [-0.1, -0.05) is 6.08 Å². The van der Waals surface area contributed by atoms with Crippen molar-refractivity contribution in [2.24, 2.45) is 11.8 Å². The highest BCUT2D eigenvalue weighted by molar-refractivity contribution is 6.07. The van der Waals surface area contributed by atoms with Gasteiger partial charge in [-0.05, 0) is 37.3 Å². The molecular weight excluding hydrogens is 388 g/mol. The first kappa shape index (κ1) is 18.9. The van der Waals surface area contributed by atoms with E-state index in [1.807, 2.05) is 31.3 Å². The molecule has 1 aromatic heterocycles. The predicted molar refractivity (Wildman–Crippen MR) is 105 cm³/mol. The Hall–Kier alpha value is -3.07. The molecule has 2 fully saturated rings. The molecule has 158 valence electrons. The quantitative estimate of drug-likeness (QED) is 0.697. The predicted octanol–water partition coefficient (Wildman–Crippen LogP) is 0.477. The van der Waals surface area contributed by atoms with E-state index >= 15 is 0 Å². The van der Waals surface area contributed by atoms with Crippen LogP contribution in [0.5, 0.6) is 0 Å². The first-order valence-electron chi connectivity index (χ1n) is 10.1. The van der Waals surface area contributed by atoms with Crippen molar-refractivity contribution >= 4 is 17.8 Å². The number of hydrogen-bond acceptors (Lipinski definition) is 6. The number of carbonyl (C=O) groups is 3. The lowest BCUT2D eigenvalue weighted by atomic mass is 9.91. The highest BCUT2D eigenvalue weighted by Crippen LogP contribution is 2.37. The molecule has 0 aromatic carbocycles. The van der Waals surface area contributed by atoms with E-state index < -0.39 is 17.5 Å². The SMILES string of the molecule is COC1=CC2C(=O)N(C[C@@]3(c4cc5c(o4)CN(C)CC5)NC(=O)NC3=O)CC2C=C1. The zero-order valence-electron chi connectivity index (χ0n) is 16.9. The molecule has 3 aliphatic heterocycles. The normalized spacial score (nSPS) is 30.7. The Bertz CT molecular complexity index is 996. The maximum Gasteiger partial charge on any atom is 0.322 e. The van der Waals surface area contributed by atoms with E-state index in [0.29, 0.717) is 24.6 Å². The third-order valence-electron chi connectivity index (χ3n) is 6.44. The zero-order valence-corrected chi connectivity index (χ0v) is 16.9. The fourth-order valence-electron chi connectivity index (χ4n) is 4.76. The number of allylic oxidation sites excluding steroid dienone is 1. The Morgan fingerprint density at radius 3 is 2.90 bits per heavy atom. The van der Waals surface area contributed by atoms with Gasteiger partial charge in [-0.15, -0.1) is 0 Å². The van der Waals surface area contributed by atoms with E-state index in [1.54, 1.807) is 12.0 Å². The molecule has 30 heavy (non-hydrogen) atoms. The highest BCUT2D eigenvalue weighted by Gasteiger charge is 2.54. The second-order valence-corrected chi connectivity index (χ2v) is 8.40. The van der Waals surface area contributed by atoms with Crippen LogP contribution in [0.4, 0.5) is 4.79 Å². The first-order valence-corrected chi connectivity index (χ1v) is 10.1. The standard InChI is InChI=1S/C21H24N4O5/c1-24-6-5-12-7-17(30-16(12)10-24)21(19(27)22-20(28)23-21)11-25-9-13-3-4-14(29-2)8-15(13)18(25)26/h3-4,7-8,13,15H,5-6,9-11H2,1-2H3,(H2,22,23,27,28)/t13?,15?,21-/m0/s1. The van der Waals surface area contributed by atoms with E-state index in [0.717, 1.165) is 24.3 Å². The number of nitrogens with one attached hydrogen (secondary N) is 2. The van der Waals surface area contributed by atoms with Gasteiger partial charge in [0.05, 0.1) is 26.1 Å². The van der Waals surface area contributed by atoms with Crippen LogP contribution in [-0.4, -0.2) is 61.4 Å². The van der Waals surface area contributed by atoms with Crippen molar-refractivity contribution < 1.29 is 23.5 Å². The number of likely N-dealkylation sites (N-methyl/N-ethyl adjacent to an activating group) is 1. The lowest BCUT2D eigenvalue weighted by molar-refractivity contribution is -0.133. The van der Waals surface area contributed by atoms with Gasteiger partial charge in [-0.3, -0.25) is 19.8 Å². The first-order chi connectivity index (χ1) is 14.4. The van der Waals surface area contributed by atoms with Gasteiger partial charge >= 0.3 is 6.03 Å². The molecule has 9 nitrogen and oxygen atoms in total. The van der Waals surface area contributed by atoms with E-state index in [-0.39, 0.29) is 24.3 Å². The van der Waals surface area contributed by atoms with Crippen molar-refractivity contribution in [1.29, 1.82) is 0 Å². The third-order valence-corrected chi connectivity index (χ3v) is 6.44. The summed E-state index contributed by atoms with van der Waals surface area (Å²) in [6.07, 6.45) is 6.44. The minimum absolute atomic E-state index is 0.00655. The summed E-state index contributed by atoms with van der Waals surface area (Å²) in [4.78, 5) is 41.9. The van der Waals surface area contributed by atoms with Gasteiger partial charge in [-0.25, -0.2) is 4.79 Å². The van der Waals surface area contributed by atoms with Crippen LogP contribution in [0.1, 0.15) is 17.1 Å². The van der Waals surface area contributed by atoms with Gasteiger partial charge in [0, 0.05) is 19.0 Å². The number of fused-ring (bicyclic) bond motifs is 2. The van der Waals surface area contributed by atoms with Crippen LogP contribution in [-0.2, 0) is 32.8 Å². The molecule has 0 radical (unpaired) electrons.